The van der Waals surface area contributed by atoms with Gasteiger partial charge in [-0.05, 0) is 37.8 Å². The molecule has 3 nitrogen and oxygen atoms in total. The van der Waals surface area contributed by atoms with Gasteiger partial charge >= 0.3 is 0 Å². The van der Waals surface area contributed by atoms with Crippen LogP contribution in [0.1, 0.15) is 45.2 Å². The van der Waals surface area contributed by atoms with E-state index in [0.717, 1.165) is 31.5 Å². The second-order valence-electron chi connectivity index (χ2n) is 6.19. The van der Waals surface area contributed by atoms with Gasteiger partial charge in [-0.3, -0.25) is 9.69 Å². The van der Waals surface area contributed by atoms with E-state index in [9.17, 15) is 4.79 Å². The molecule has 1 saturated heterocycles. The summed E-state index contributed by atoms with van der Waals surface area (Å²) in [6.07, 6.45) is 2.12. The number of carbonyl (C=O) groups excluding carboxylic acids is 1. The Hall–Kier alpha value is -1.35. The first-order valence-electron chi connectivity index (χ1n) is 7.67. The standard InChI is InChI=1S/C17H26N2O/c1-13(2)12-19-11-7-10-16(19)17(20)18-14(3)15-8-5-4-6-9-15/h4-6,8-9,13-14,16H,7,10-12H2,1-3H3,(H,18,20)/t14-,16-/m1/s1. The zero-order chi connectivity index (χ0) is 14.5. The molecule has 2 atom stereocenters. The van der Waals surface area contributed by atoms with Gasteiger partial charge in [-0.25, -0.2) is 0 Å². The Labute approximate surface area is 122 Å². The largest absolute Gasteiger partial charge is 0.348 e. The highest BCUT2D eigenvalue weighted by molar-refractivity contribution is 5.82. The predicted molar refractivity (Wildman–Crippen MR) is 82.4 cm³/mol. The van der Waals surface area contributed by atoms with E-state index in [1.54, 1.807) is 0 Å². The lowest BCUT2D eigenvalue weighted by Gasteiger charge is -2.26. The molecule has 1 heterocycles. The third-order valence-corrected chi connectivity index (χ3v) is 3.92. The lowest BCUT2D eigenvalue weighted by molar-refractivity contribution is -0.126. The summed E-state index contributed by atoms with van der Waals surface area (Å²) >= 11 is 0. The number of benzene rings is 1. The van der Waals surface area contributed by atoms with Gasteiger partial charge in [-0.15, -0.1) is 0 Å². The molecule has 20 heavy (non-hydrogen) atoms. The molecule has 1 amide bonds. The number of nitrogens with zero attached hydrogens (tertiary/aromatic N) is 1. The van der Waals surface area contributed by atoms with Crippen molar-refractivity contribution < 1.29 is 4.79 Å². The highest BCUT2D eigenvalue weighted by Gasteiger charge is 2.31. The van der Waals surface area contributed by atoms with Crippen LogP contribution in [-0.2, 0) is 4.79 Å². The van der Waals surface area contributed by atoms with Gasteiger partial charge in [-0.2, -0.15) is 0 Å². The average molecular weight is 274 g/mol. The van der Waals surface area contributed by atoms with Crippen LogP contribution in [0.15, 0.2) is 30.3 Å². The van der Waals surface area contributed by atoms with Crippen molar-refractivity contribution in [3.05, 3.63) is 35.9 Å². The van der Waals surface area contributed by atoms with Gasteiger partial charge in [0.05, 0.1) is 12.1 Å². The van der Waals surface area contributed by atoms with Gasteiger partial charge in [0.2, 0.25) is 5.91 Å². The van der Waals surface area contributed by atoms with Crippen LogP contribution in [0.2, 0.25) is 0 Å². The predicted octanol–water partition coefficient (Wildman–Crippen LogP) is 2.98. The van der Waals surface area contributed by atoms with Gasteiger partial charge in [0.1, 0.15) is 0 Å². The fraction of sp³-hybridized carbons (Fsp3) is 0.588. The summed E-state index contributed by atoms with van der Waals surface area (Å²) in [5.41, 5.74) is 1.16. The molecule has 1 aromatic rings. The van der Waals surface area contributed by atoms with E-state index in [2.05, 4.69) is 43.1 Å². The van der Waals surface area contributed by atoms with E-state index < -0.39 is 0 Å². The second kappa shape index (κ2) is 6.89. The van der Waals surface area contributed by atoms with Crippen molar-refractivity contribution in [1.82, 2.24) is 10.2 Å². The molecular weight excluding hydrogens is 248 g/mol. The SMILES string of the molecule is CC(C)CN1CCC[C@@H]1C(=O)N[C@H](C)c1ccccc1. The maximum atomic E-state index is 12.5. The Bertz CT molecular complexity index is 430. The number of carbonyl (C=O) groups is 1. The van der Waals surface area contributed by atoms with Crippen molar-refractivity contribution in [2.24, 2.45) is 5.92 Å². The Morgan fingerprint density at radius 2 is 2.00 bits per heavy atom. The smallest absolute Gasteiger partial charge is 0.237 e. The topological polar surface area (TPSA) is 32.3 Å². The van der Waals surface area contributed by atoms with Crippen LogP contribution >= 0.6 is 0 Å². The minimum Gasteiger partial charge on any atom is -0.348 e. The van der Waals surface area contributed by atoms with Gasteiger partial charge in [-0.1, -0.05) is 44.2 Å². The summed E-state index contributed by atoms with van der Waals surface area (Å²) in [5, 5.41) is 3.16. The molecule has 1 aromatic carbocycles. The third kappa shape index (κ3) is 3.83. The van der Waals surface area contributed by atoms with Crippen LogP contribution in [-0.4, -0.2) is 29.9 Å². The maximum Gasteiger partial charge on any atom is 0.237 e. The van der Waals surface area contributed by atoms with Crippen LogP contribution < -0.4 is 5.32 Å². The molecule has 0 bridgehead atoms. The summed E-state index contributed by atoms with van der Waals surface area (Å²) in [5.74, 6) is 0.787. The third-order valence-electron chi connectivity index (χ3n) is 3.92. The molecule has 0 saturated carbocycles. The summed E-state index contributed by atoms with van der Waals surface area (Å²) in [4.78, 5) is 14.8. The van der Waals surface area contributed by atoms with Crippen LogP contribution in [0.25, 0.3) is 0 Å². The molecule has 1 fully saturated rings. The monoisotopic (exact) mass is 274 g/mol. The van der Waals surface area contributed by atoms with E-state index >= 15 is 0 Å². The zero-order valence-electron chi connectivity index (χ0n) is 12.8. The Kier molecular flexibility index (Phi) is 5.18. The van der Waals surface area contributed by atoms with Gasteiger partial charge in [0.25, 0.3) is 0 Å². The van der Waals surface area contributed by atoms with E-state index in [0.29, 0.717) is 5.92 Å². The number of rotatable bonds is 5. The molecule has 1 N–H and O–H groups in total. The fourth-order valence-corrected chi connectivity index (χ4v) is 2.95. The molecule has 0 spiro atoms. The van der Waals surface area contributed by atoms with E-state index in [4.69, 9.17) is 0 Å². The van der Waals surface area contributed by atoms with Gasteiger partial charge in [0, 0.05) is 6.54 Å². The minimum atomic E-state index is 0.0589. The first kappa shape index (κ1) is 15.0. The first-order valence-corrected chi connectivity index (χ1v) is 7.67. The summed E-state index contributed by atoms with van der Waals surface area (Å²) < 4.78 is 0. The minimum absolute atomic E-state index is 0.0589. The highest BCUT2D eigenvalue weighted by atomic mass is 16.2. The summed E-state index contributed by atoms with van der Waals surface area (Å²) in [7, 11) is 0. The molecule has 2 rings (SSSR count). The number of hydrogen-bond donors (Lipinski definition) is 1. The van der Waals surface area contributed by atoms with Crippen molar-refractivity contribution in [1.29, 1.82) is 0 Å². The zero-order valence-corrected chi connectivity index (χ0v) is 12.8. The van der Waals surface area contributed by atoms with Crippen LogP contribution in [0.3, 0.4) is 0 Å². The first-order chi connectivity index (χ1) is 9.58. The van der Waals surface area contributed by atoms with E-state index in [1.165, 1.54) is 0 Å². The molecule has 1 aliphatic rings. The quantitative estimate of drug-likeness (QED) is 0.895. The molecule has 0 aliphatic carbocycles. The maximum absolute atomic E-state index is 12.5. The number of likely N-dealkylation sites (tertiary alicyclic amines) is 1. The average Bonchev–Trinajstić information content (AvgIpc) is 2.87. The van der Waals surface area contributed by atoms with Crippen molar-refractivity contribution in [3.8, 4) is 0 Å². The molecule has 0 aromatic heterocycles. The molecule has 0 radical (unpaired) electrons. The van der Waals surface area contributed by atoms with Crippen LogP contribution in [0, 0.1) is 5.92 Å². The van der Waals surface area contributed by atoms with E-state index in [1.807, 2.05) is 18.2 Å². The Morgan fingerprint density at radius 3 is 2.65 bits per heavy atom. The molecule has 3 heteroatoms. The summed E-state index contributed by atoms with van der Waals surface area (Å²) in [6, 6.07) is 10.3. The molecule has 110 valence electrons. The Balaban J connectivity index is 1.94. The number of nitrogens with one attached hydrogen (secondary N) is 1. The highest BCUT2D eigenvalue weighted by Crippen LogP contribution is 2.20. The van der Waals surface area contributed by atoms with Crippen molar-refractivity contribution in [2.45, 2.75) is 45.7 Å². The lowest BCUT2D eigenvalue weighted by atomic mass is 10.1. The Morgan fingerprint density at radius 1 is 1.30 bits per heavy atom. The summed E-state index contributed by atoms with van der Waals surface area (Å²) in [6.45, 7) is 8.53. The van der Waals surface area contributed by atoms with Gasteiger partial charge < -0.3 is 5.32 Å². The lowest BCUT2D eigenvalue weighted by Crippen LogP contribution is -2.45. The second-order valence-corrected chi connectivity index (χ2v) is 6.19. The number of amides is 1. The molecule has 0 unspecified atom stereocenters. The van der Waals surface area contributed by atoms with Crippen molar-refractivity contribution in [3.63, 3.8) is 0 Å². The molecular formula is C17H26N2O. The van der Waals surface area contributed by atoms with Crippen LogP contribution in [0.5, 0.6) is 0 Å². The van der Waals surface area contributed by atoms with Crippen LogP contribution in [0.4, 0.5) is 0 Å². The number of hydrogen-bond acceptors (Lipinski definition) is 2. The van der Waals surface area contributed by atoms with Crippen molar-refractivity contribution in [2.75, 3.05) is 13.1 Å². The van der Waals surface area contributed by atoms with Crippen molar-refractivity contribution >= 4 is 5.91 Å². The van der Waals surface area contributed by atoms with Gasteiger partial charge in [0.15, 0.2) is 0 Å². The molecule has 1 aliphatic heterocycles. The normalized spacial score (nSPS) is 21.1. The van der Waals surface area contributed by atoms with E-state index in [-0.39, 0.29) is 18.0 Å². The fourth-order valence-electron chi connectivity index (χ4n) is 2.95.